The topological polar surface area (TPSA) is 80.1 Å². The maximum absolute atomic E-state index is 14.0. The lowest BCUT2D eigenvalue weighted by Crippen LogP contribution is -2.33. The normalized spacial score (nSPS) is 15.4. The number of benzene rings is 1. The van der Waals surface area contributed by atoms with Crippen LogP contribution in [0.3, 0.4) is 0 Å². The molecule has 184 valence electrons. The highest BCUT2D eigenvalue weighted by Gasteiger charge is 2.34. The van der Waals surface area contributed by atoms with Gasteiger partial charge >= 0.3 is 0 Å². The molecule has 7 nitrogen and oxygen atoms in total. The molecule has 2 aliphatic rings. The van der Waals surface area contributed by atoms with Crippen molar-refractivity contribution in [2.45, 2.75) is 64.2 Å². The van der Waals surface area contributed by atoms with Gasteiger partial charge in [0.05, 0.1) is 27.7 Å². The Bertz CT molecular complexity index is 1420. The Labute approximate surface area is 214 Å². The molecule has 1 aromatic carbocycles. The number of carbonyl (C=O) groups excluding carboxylic acids is 2. The fraction of sp³-hybridized carbons (Fsp3) is 0.357. The van der Waals surface area contributed by atoms with E-state index in [1.165, 1.54) is 0 Å². The van der Waals surface area contributed by atoms with E-state index in [0.29, 0.717) is 23.7 Å². The second kappa shape index (κ2) is 9.17. The van der Waals surface area contributed by atoms with Crippen molar-refractivity contribution in [2.24, 2.45) is 0 Å². The van der Waals surface area contributed by atoms with Crippen molar-refractivity contribution in [3.8, 4) is 10.6 Å². The Balaban J connectivity index is 1.32. The first kappa shape index (κ1) is 22.9. The van der Waals surface area contributed by atoms with Crippen LogP contribution in [0, 0.1) is 0 Å². The molecule has 2 fully saturated rings. The fourth-order valence-electron chi connectivity index (χ4n) is 4.49. The Hall–Kier alpha value is -3.52. The molecule has 0 unspecified atom stereocenters. The van der Waals surface area contributed by atoms with Crippen LogP contribution in [0.15, 0.2) is 54.0 Å². The number of hydrogen-bond donors (Lipinski definition) is 1. The van der Waals surface area contributed by atoms with Crippen LogP contribution < -0.4 is 5.32 Å². The number of aromatic nitrogens is 3. The fourth-order valence-corrected chi connectivity index (χ4v) is 5.17. The predicted octanol–water partition coefficient (Wildman–Crippen LogP) is 5.44. The number of nitrogens with one attached hydrogen (secondary N) is 1. The molecule has 36 heavy (non-hydrogen) atoms. The number of thiophene rings is 1. The van der Waals surface area contributed by atoms with Crippen molar-refractivity contribution in [1.29, 1.82) is 0 Å². The summed E-state index contributed by atoms with van der Waals surface area (Å²) in [6.07, 6.45) is 5.91. The van der Waals surface area contributed by atoms with Crippen LogP contribution in [0.1, 0.15) is 71.9 Å². The number of hydrogen-bond acceptors (Lipinski definition) is 5. The van der Waals surface area contributed by atoms with Gasteiger partial charge in [0.1, 0.15) is 0 Å². The standard InChI is InChI=1S/C28H29N5O2S/c1-17(2)33-26-23(15-29-33)22(14-24(31-26)25-4-3-13-36-25)28(35)32(21-11-12-21)16-18-5-7-19(8-6-18)27(34)30-20-9-10-20/h3-8,13-15,17,20-21H,9-12,16H2,1-2H3,(H,30,34). The minimum atomic E-state index is -0.0263. The molecule has 0 saturated heterocycles. The van der Waals surface area contributed by atoms with Crippen LogP contribution in [-0.4, -0.2) is 43.6 Å². The van der Waals surface area contributed by atoms with Gasteiger partial charge in [-0.05, 0) is 74.7 Å². The summed E-state index contributed by atoms with van der Waals surface area (Å²) in [7, 11) is 0. The first-order valence-corrected chi connectivity index (χ1v) is 13.5. The molecule has 3 aromatic heterocycles. The molecular formula is C28H29N5O2S. The molecule has 0 aliphatic heterocycles. The van der Waals surface area contributed by atoms with E-state index in [4.69, 9.17) is 4.98 Å². The van der Waals surface area contributed by atoms with Gasteiger partial charge in [0.2, 0.25) is 0 Å². The zero-order chi connectivity index (χ0) is 24.8. The van der Waals surface area contributed by atoms with Crippen molar-refractivity contribution < 1.29 is 9.59 Å². The summed E-state index contributed by atoms with van der Waals surface area (Å²) in [5.41, 5.74) is 3.85. The Kier molecular flexibility index (Phi) is 5.84. The van der Waals surface area contributed by atoms with Gasteiger partial charge in [-0.15, -0.1) is 11.3 Å². The number of amides is 2. The second-order valence-electron chi connectivity index (χ2n) is 10.1. The average Bonchev–Trinajstić information content (AvgIpc) is 3.78. The van der Waals surface area contributed by atoms with Crippen LogP contribution in [0.4, 0.5) is 0 Å². The molecule has 0 radical (unpaired) electrons. The molecule has 8 heteroatoms. The van der Waals surface area contributed by atoms with Gasteiger partial charge in [-0.25, -0.2) is 9.67 Å². The third-order valence-electron chi connectivity index (χ3n) is 6.79. The van der Waals surface area contributed by atoms with Gasteiger partial charge < -0.3 is 10.2 Å². The quantitative estimate of drug-likeness (QED) is 0.350. The molecule has 2 aliphatic carbocycles. The Morgan fingerprint density at radius 2 is 1.92 bits per heavy atom. The van der Waals surface area contributed by atoms with Crippen molar-refractivity contribution in [3.63, 3.8) is 0 Å². The largest absolute Gasteiger partial charge is 0.349 e. The van der Waals surface area contributed by atoms with E-state index >= 15 is 0 Å². The minimum Gasteiger partial charge on any atom is -0.349 e. The third kappa shape index (κ3) is 4.53. The summed E-state index contributed by atoms with van der Waals surface area (Å²) >= 11 is 1.61. The molecule has 0 bridgehead atoms. The molecule has 2 saturated carbocycles. The van der Waals surface area contributed by atoms with E-state index < -0.39 is 0 Å². The van der Waals surface area contributed by atoms with Crippen LogP contribution in [0.2, 0.25) is 0 Å². The summed E-state index contributed by atoms with van der Waals surface area (Å²) in [5.74, 6) is -0.0248. The van der Waals surface area contributed by atoms with Crippen molar-refractivity contribution in [3.05, 3.63) is 70.7 Å². The second-order valence-corrected chi connectivity index (χ2v) is 11.0. The van der Waals surface area contributed by atoms with E-state index in [1.807, 2.05) is 57.4 Å². The monoisotopic (exact) mass is 499 g/mol. The Morgan fingerprint density at radius 3 is 2.56 bits per heavy atom. The van der Waals surface area contributed by atoms with E-state index in [2.05, 4.69) is 24.3 Å². The summed E-state index contributed by atoms with van der Waals surface area (Å²) in [6.45, 7) is 4.64. The van der Waals surface area contributed by atoms with Crippen LogP contribution in [0.5, 0.6) is 0 Å². The number of pyridine rings is 1. The van der Waals surface area contributed by atoms with Crippen molar-refractivity contribution in [1.82, 2.24) is 25.0 Å². The minimum absolute atomic E-state index is 0.00145. The summed E-state index contributed by atoms with van der Waals surface area (Å²) < 4.78 is 1.89. The lowest BCUT2D eigenvalue weighted by atomic mass is 10.1. The lowest BCUT2D eigenvalue weighted by Gasteiger charge is -2.23. The van der Waals surface area contributed by atoms with Gasteiger partial charge in [-0.1, -0.05) is 18.2 Å². The van der Waals surface area contributed by atoms with Gasteiger partial charge in [-0.2, -0.15) is 5.10 Å². The zero-order valence-electron chi connectivity index (χ0n) is 20.5. The van der Waals surface area contributed by atoms with Gasteiger partial charge in [0, 0.05) is 30.2 Å². The average molecular weight is 500 g/mol. The van der Waals surface area contributed by atoms with Crippen LogP contribution in [-0.2, 0) is 6.54 Å². The number of nitrogens with zero attached hydrogens (tertiary/aromatic N) is 4. The zero-order valence-corrected chi connectivity index (χ0v) is 21.3. The maximum Gasteiger partial charge on any atom is 0.255 e. The van der Waals surface area contributed by atoms with Gasteiger partial charge in [-0.3, -0.25) is 9.59 Å². The lowest BCUT2D eigenvalue weighted by molar-refractivity contribution is 0.0731. The molecule has 6 rings (SSSR count). The first-order chi connectivity index (χ1) is 17.5. The van der Waals surface area contributed by atoms with E-state index in [1.54, 1.807) is 17.5 Å². The molecule has 3 heterocycles. The molecule has 4 aromatic rings. The SMILES string of the molecule is CC(C)n1ncc2c(C(=O)N(Cc3ccc(C(=O)NC4CC4)cc3)C3CC3)cc(-c3cccs3)nc21. The first-order valence-electron chi connectivity index (χ1n) is 12.6. The van der Waals surface area contributed by atoms with Crippen molar-refractivity contribution >= 4 is 34.2 Å². The molecule has 0 atom stereocenters. The molecule has 0 spiro atoms. The number of rotatable bonds is 8. The molecule has 2 amide bonds. The predicted molar refractivity (Wildman–Crippen MR) is 141 cm³/mol. The Morgan fingerprint density at radius 1 is 1.14 bits per heavy atom. The van der Waals surface area contributed by atoms with Crippen LogP contribution in [0.25, 0.3) is 21.6 Å². The number of fused-ring (bicyclic) bond motifs is 1. The third-order valence-corrected chi connectivity index (χ3v) is 7.68. The summed E-state index contributed by atoms with van der Waals surface area (Å²) in [4.78, 5) is 34.3. The van der Waals surface area contributed by atoms with E-state index in [0.717, 1.165) is 52.9 Å². The van der Waals surface area contributed by atoms with E-state index in [-0.39, 0.29) is 23.9 Å². The summed E-state index contributed by atoms with van der Waals surface area (Å²) in [6, 6.07) is 14.3. The highest BCUT2D eigenvalue weighted by atomic mass is 32.1. The maximum atomic E-state index is 14.0. The smallest absolute Gasteiger partial charge is 0.255 e. The number of carbonyl (C=O) groups is 2. The highest BCUT2D eigenvalue weighted by Crippen LogP contribution is 2.34. The van der Waals surface area contributed by atoms with Gasteiger partial charge in [0.25, 0.3) is 11.8 Å². The van der Waals surface area contributed by atoms with Gasteiger partial charge in [0.15, 0.2) is 5.65 Å². The van der Waals surface area contributed by atoms with E-state index in [9.17, 15) is 9.59 Å². The highest BCUT2D eigenvalue weighted by molar-refractivity contribution is 7.13. The summed E-state index contributed by atoms with van der Waals surface area (Å²) in [5, 5.41) is 10.4. The van der Waals surface area contributed by atoms with Crippen molar-refractivity contribution in [2.75, 3.05) is 0 Å². The molecular weight excluding hydrogens is 470 g/mol. The van der Waals surface area contributed by atoms with Crippen LogP contribution >= 0.6 is 11.3 Å². The molecule has 1 N–H and O–H groups in total.